The summed E-state index contributed by atoms with van der Waals surface area (Å²) in [6.07, 6.45) is 3.50. The van der Waals surface area contributed by atoms with Crippen molar-refractivity contribution in [2.75, 3.05) is 7.11 Å². The summed E-state index contributed by atoms with van der Waals surface area (Å²) < 4.78 is 9.91. The highest BCUT2D eigenvalue weighted by molar-refractivity contribution is 5.81. The zero-order valence-electron chi connectivity index (χ0n) is 11.6. The molecule has 1 aliphatic carbocycles. The maximum atomic E-state index is 11.7. The van der Waals surface area contributed by atoms with E-state index < -0.39 is 23.7 Å². The number of alkyl carbamates (subject to hydrolysis) is 1. The first kappa shape index (κ1) is 14.8. The molecule has 0 aromatic carbocycles. The molecule has 0 radical (unpaired) electrons. The van der Waals surface area contributed by atoms with Crippen molar-refractivity contribution in [1.82, 2.24) is 5.32 Å². The molecule has 5 heteroatoms. The summed E-state index contributed by atoms with van der Waals surface area (Å²) in [5.41, 5.74) is -0.569. The van der Waals surface area contributed by atoms with Gasteiger partial charge in [-0.3, -0.25) is 0 Å². The standard InChI is InChI=1S/C13H23NO4/c1-13(2,3)18-12(16)14-10(11(15)17-4)9-7-5-6-8-9/h9-10H,5-8H2,1-4H3,(H,14,16)/t10-/m1/s1. The van der Waals surface area contributed by atoms with Crippen molar-refractivity contribution in [3.05, 3.63) is 0 Å². The lowest BCUT2D eigenvalue weighted by Crippen LogP contribution is -2.47. The largest absolute Gasteiger partial charge is 0.467 e. The second-order valence-electron chi connectivity index (χ2n) is 5.69. The monoisotopic (exact) mass is 257 g/mol. The Hall–Kier alpha value is -1.26. The quantitative estimate of drug-likeness (QED) is 0.787. The number of carbonyl (C=O) groups is 2. The van der Waals surface area contributed by atoms with Crippen molar-refractivity contribution < 1.29 is 19.1 Å². The average molecular weight is 257 g/mol. The normalized spacial score (nSPS) is 18.2. The predicted molar refractivity (Wildman–Crippen MR) is 67.1 cm³/mol. The Morgan fingerprint density at radius 2 is 1.78 bits per heavy atom. The highest BCUT2D eigenvalue weighted by Gasteiger charge is 2.33. The van der Waals surface area contributed by atoms with Crippen molar-refractivity contribution >= 4 is 12.1 Å². The van der Waals surface area contributed by atoms with Gasteiger partial charge in [-0.25, -0.2) is 9.59 Å². The van der Waals surface area contributed by atoms with Crippen LogP contribution >= 0.6 is 0 Å². The third-order valence-corrected chi connectivity index (χ3v) is 3.00. The first-order valence-corrected chi connectivity index (χ1v) is 6.41. The van der Waals surface area contributed by atoms with Crippen LogP contribution in [0.3, 0.4) is 0 Å². The van der Waals surface area contributed by atoms with E-state index in [4.69, 9.17) is 9.47 Å². The molecule has 0 bridgehead atoms. The van der Waals surface area contributed by atoms with Crippen molar-refractivity contribution in [2.45, 2.75) is 58.1 Å². The Morgan fingerprint density at radius 3 is 2.22 bits per heavy atom. The molecule has 1 atom stereocenters. The number of hydrogen-bond donors (Lipinski definition) is 1. The molecule has 104 valence electrons. The van der Waals surface area contributed by atoms with Crippen LogP contribution in [0.4, 0.5) is 4.79 Å². The lowest BCUT2D eigenvalue weighted by atomic mass is 9.98. The molecule has 1 amide bonds. The molecule has 1 aliphatic rings. The van der Waals surface area contributed by atoms with Crippen LogP contribution in [-0.4, -0.2) is 30.8 Å². The Bertz CT molecular complexity index is 303. The van der Waals surface area contributed by atoms with Gasteiger partial charge in [-0.1, -0.05) is 12.8 Å². The second kappa shape index (κ2) is 6.07. The summed E-state index contributed by atoms with van der Waals surface area (Å²) in [7, 11) is 1.33. The van der Waals surface area contributed by atoms with Gasteiger partial charge in [0.2, 0.25) is 0 Å². The summed E-state index contributed by atoms with van der Waals surface area (Å²) in [6, 6.07) is -0.590. The summed E-state index contributed by atoms with van der Waals surface area (Å²) in [5, 5.41) is 2.63. The average Bonchev–Trinajstić information content (AvgIpc) is 2.75. The molecule has 0 aliphatic heterocycles. The first-order chi connectivity index (χ1) is 8.33. The summed E-state index contributed by atoms with van der Waals surface area (Å²) in [5.74, 6) is -0.238. The van der Waals surface area contributed by atoms with Gasteiger partial charge >= 0.3 is 12.1 Å². The van der Waals surface area contributed by atoms with E-state index in [1.165, 1.54) is 7.11 Å². The number of esters is 1. The molecule has 0 aromatic rings. The number of amides is 1. The number of hydrogen-bond acceptors (Lipinski definition) is 4. The Labute approximate surface area is 108 Å². The van der Waals surface area contributed by atoms with Crippen LogP contribution < -0.4 is 5.32 Å². The maximum absolute atomic E-state index is 11.7. The van der Waals surface area contributed by atoms with Crippen LogP contribution in [0.1, 0.15) is 46.5 Å². The molecule has 5 nitrogen and oxygen atoms in total. The van der Waals surface area contributed by atoms with Crippen molar-refractivity contribution in [1.29, 1.82) is 0 Å². The fourth-order valence-electron chi connectivity index (χ4n) is 2.22. The molecule has 0 saturated heterocycles. The lowest BCUT2D eigenvalue weighted by molar-refractivity contribution is -0.144. The molecule has 1 saturated carbocycles. The highest BCUT2D eigenvalue weighted by atomic mass is 16.6. The van der Waals surface area contributed by atoms with Gasteiger partial charge in [0.05, 0.1) is 7.11 Å². The molecule has 0 unspecified atom stereocenters. The van der Waals surface area contributed by atoms with E-state index in [1.807, 2.05) is 0 Å². The number of ether oxygens (including phenoxy) is 2. The minimum absolute atomic E-state index is 0.157. The van der Waals surface area contributed by atoms with Gasteiger partial charge in [0.1, 0.15) is 11.6 Å². The van der Waals surface area contributed by atoms with Crippen LogP contribution in [0, 0.1) is 5.92 Å². The smallest absolute Gasteiger partial charge is 0.408 e. The molecule has 1 fully saturated rings. The highest BCUT2D eigenvalue weighted by Crippen LogP contribution is 2.28. The van der Waals surface area contributed by atoms with Crippen molar-refractivity contribution in [3.63, 3.8) is 0 Å². The molecular weight excluding hydrogens is 234 g/mol. The fourth-order valence-corrected chi connectivity index (χ4v) is 2.22. The third-order valence-electron chi connectivity index (χ3n) is 3.00. The van der Waals surface area contributed by atoms with Gasteiger partial charge in [0.25, 0.3) is 0 Å². The topological polar surface area (TPSA) is 64.6 Å². The molecule has 1 N–H and O–H groups in total. The van der Waals surface area contributed by atoms with E-state index in [0.29, 0.717) is 0 Å². The van der Waals surface area contributed by atoms with Crippen LogP contribution in [0.15, 0.2) is 0 Å². The molecule has 18 heavy (non-hydrogen) atoms. The molecule has 0 aromatic heterocycles. The first-order valence-electron chi connectivity index (χ1n) is 6.41. The van der Waals surface area contributed by atoms with Gasteiger partial charge in [-0.15, -0.1) is 0 Å². The predicted octanol–water partition coefficient (Wildman–Crippen LogP) is 2.24. The zero-order valence-corrected chi connectivity index (χ0v) is 11.6. The van der Waals surface area contributed by atoms with Gasteiger partial charge in [0, 0.05) is 0 Å². The van der Waals surface area contributed by atoms with E-state index in [9.17, 15) is 9.59 Å². The Morgan fingerprint density at radius 1 is 1.22 bits per heavy atom. The SMILES string of the molecule is COC(=O)[C@H](NC(=O)OC(C)(C)C)C1CCCC1. The lowest BCUT2D eigenvalue weighted by Gasteiger charge is -2.25. The van der Waals surface area contributed by atoms with E-state index in [2.05, 4.69) is 5.32 Å². The Balaban J connectivity index is 2.61. The van der Waals surface area contributed by atoms with Crippen LogP contribution in [0.25, 0.3) is 0 Å². The van der Waals surface area contributed by atoms with Crippen LogP contribution in [-0.2, 0) is 14.3 Å². The third kappa shape index (κ3) is 4.55. The fraction of sp³-hybridized carbons (Fsp3) is 0.846. The van der Waals surface area contributed by atoms with E-state index in [-0.39, 0.29) is 5.92 Å². The number of nitrogens with one attached hydrogen (secondary N) is 1. The van der Waals surface area contributed by atoms with E-state index in [1.54, 1.807) is 20.8 Å². The van der Waals surface area contributed by atoms with Crippen molar-refractivity contribution in [3.8, 4) is 0 Å². The minimum atomic E-state index is -0.590. The van der Waals surface area contributed by atoms with Gasteiger partial charge in [-0.2, -0.15) is 0 Å². The Kier molecular flexibility index (Phi) is 4.99. The van der Waals surface area contributed by atoms with E-state index in [0.717, 1.165) is 25.7 Å². The molecule has 0 heterocycles. The zero-order chi connectivity index (χ0) is 13.8. The summed E-state index contributed by atoms with van der Waals surface area (Å²) in [4.78, 5) is 23.4. The number of methoxy groups -OCH3 is 1. The summed E-state index contributed by atoms with van der Waals surface area (Å²) >= 11 is 0. The van der Waals surface area contributed by atoms with Gasteiger partial charge in [0.15, 0.2) is 0 Å². The number of rotatable bonds is 3. The molecular formula is C13H23NO4. The van der Waals surface area contributed by atoms with Crippen molar-refractivity contribution in [2.24, 2.45) is 5.92 Å². The van der Waals surface area contributed by atoms with E-state index >= 15 is 0 Å². The minimum Gasteiger partial charge on any atom is -0.467 e. The number of carbonyl (C=O) groups excluding carboxylic acids is 2. The molecule has 1 rings (SSSR count). The second-order valence-corrected chi connectivity index (χ2v) is 5.69. The van der Waals surface area contributed by atoms with Gasteiger partial charge in [-0.05, 0) is 39.5 Å². The van der Waals surface area contributed by atoms with Crippen LogP contribution in [0.5, 0.6) is 0 Å². The van der Waals surface area contributed by atoms with Gasteiger partial charge < -0.3 is 14.8 Å². The molecule has 0 spiro atoms. The summed E-state index contributed by atoms with van der Waals surface area (Å²) in [6.45, 7) is 5.36. The van der Waals surface area contributed by atoms with Crippen LogP contribution in [0.2, 0.25) is 0 Å². The maximum Gasteiger partial charge on any atom is 0.408 e.